The molecule has 3 aliphatic rings. The molecular weight excluding hydrogens is 292 g/mol. The summed E-state index contributed by atoms with van der Waals surface area (Å²) in [6, 6.07) is 5.22. The fourth-order valence-electron chi connectivity index (χ4n) is 4.02. The van der Waals surface area contributed by atoms with Crippen molar-refractivity contribution in [3.8, 4) is 0 Å². The van der Waals surface area contributed by atoms with Gasteiger partial charge in [0.05, 0.1) is 12.7 Å². The molecule has 22 heavy (non-hydrogen) atoms. The summed E-state index contributed by atoms with van der Waals surface area (Å²) in [6.45, 7) is 9.17. The second kappa shape index (κ2) is 6.60. The molecule has 2 aliphatic heterocycles. The van der Waals surface area contributed by atoms with Crippen molar-refractivity contribution >= 4 is 11.3 Å². The van der Waals surface area contributed by atoms with Crippen molar-refractivity contribution in [1.29, 1.82) is 0 Å². The van der Waals surface area contributed by atoms with Crippen LogP contribution < -0.4 is 0 Å². The Balaban J connectivity index is 1.37. The van der Waals surface area contributed by atoms with Gasteiger partial charge < -0.3 is 4.74 Å². The standard InChI is InChI=1S/C18H28N2OS/c1-14-2-5-16(22-14)13-19-8-6-17-18(7-9-19)21-11-10-20(17)12-15-3-4-15/h2,5,15,17-18H,3-4,6-13H2,1H3/t17-,18-/m1/s1. The first kappa shape index (κ1) is 15.1. The van der Waals surface area contributed by atoms with Crippen LogP contribution in [-0.4, -0.2) is 54.7 Å². The van der Waals surface area contributed by atoms with Crippen LogP contribution >= 0.6 is 11.3 Å². The first-order chi connectivity index (χ1) is 10.8. The van der Waals surface area contributed by atoms with Crippen molar-refractivity contribution in [2.24, 2.45) is 5.92 Å². The van der Waals surface area contributed by atoms with Crippen LogP contribution in [0, 0.1) is 12.8 Å². The van der Waals surface area contributed by atoms with Gasteiger partial charge in [-0.25, -0.2) is 0 Å². The predicted octanol–water partition coefficient (Wildman–Crippen LogP) is 3.13. The Bertz CT molecular complexity index is 499. The van der Waals surface area contributed by atoms with Gasteiger partial charge in [0.2, 0.25) is 0 Å². The molecule has 1 saturated carbocycles. The molecule has 2 atom stereocenters. The van der Waals surface area contributed by atoms with Crippen LogP contribution in [0.3, 0.4) is 0 Å². The van der Waals surface area contributed by atoms with Gasteiger partial charge >= 0.3 is 0 Å². The fourth-order valence-corrected chi connectivity index (χ4v) is 4.95. The summed E-state index contributed by atoms with van der Waals surface area (Å²) in [5, 5.41) is 0. The fraction of sp³-hybridized carbons (Fsp3) is 0.778. The smallest absolute Gasteiger partial charge is 0.0743 e. The van der Waals surface area contributed by atoms with E-state index in [1.807, 2.05) is 11.3 Å². The van der Waals surface area contributed by atoms with Crippen LogP contribution in [0.2, 0.25) is 0 Å². The van der Waals surface area contributed by atoms with Crippen molar-refractivity contribution in [1.82, 2.24) is 9.80 Å². The Kier molecular flexibility index (Phi) is 4.54. The molecule has 3 nitrogen and oxygen atoms in total. The lowest BCUT2D eigenvalue weighted by atomic mass is 10.0. The van der Waals surface area contributed by atoms with E-state index in [-0.39, 0.29) is 0 Å². The van der Waals surface area contributed by atoms with Gasteiger partial charge in [-0.3, -0.25) is 9.80 Å². The molecule has 0 aromatic carbocycles. The van der Waals surface area contributed by atoms with Crippen LogP contribution in [0.5, 0.6) is 0 Å². The number of hydrogen-bond donors (Lipinski definition) is 0. The van der Waals surface area contributed by atoms with Gasteiger partial charge in [0.25, 0.3) is 0 Å². The summed E-state index contributed by atoms with van der Waals surface area (Å²) in [7, 11) is 0. The van der Waals surface area contributed by atoms with Crippen LogP contribution in [-0.2, 0) is 11.3 Å². The van der Waals surface area contributed by atoms with Crippen molar-refractivity contribution < 1.29 is 4.74 Å². The second-order valence-electron chi connectivity index (χ2n) is 7.28. The van der Waals surface area contributed by atoms with Gasteiger partial charge in [0.15, 0.2) is 0 Å². The quantitative estimate of drug-likeness (QED) is 0.848. The lowest BCUT2D eigenvalue weighted by Gasteiger charge is -2.40. The molecular formula is C18H28N2OS. The minimum Gasteiger partial charge on any atom is -0.375 e. The van der Waals surface area contributed by atoms with Crippen molar-refractivity contribution in [3.63, 3.8) is 0 Å². The summed E-state index contributed by atoms with van der Waals surface area (Å²) in [5.41, 5.74) is 0. The van der Waals surface area contributed by atoms with E-state index in [0.717, 1.165) is 25.6 Å². The summed E-state index contributed by atoms with van der Waals surface area (Å²) in [5.74, 6) is 0.993. The molecule has 3 heterocycles. The van der Waals surface area contributed by atoms with Crippen LogP contribution in [0.1, 0.15) is 35.4 Å². The van der Waals surface area contributed by atoms with E-state index in [4.69, 9.17) is 4.74 Å². The molecule has 0 radical (unpaired) electrons. The predicted molar refractivity (Wildman–Crippen MR) is 91.4 cm³/mol. The largest absolute Gasteiger partial charge is 0.375 e. The molecule has 0 N–H and O–H groups in total. The molecule has 3 fully saturated rings. The van der Waals surface area contributed by atoms with Gasteiger partial charge in [0, 0.05) is 48.5 Å². The zero-order valence-corrected chi connectivity index (χ0v) is 14.5. The number of ether oxygens (including phenoxy) is 1. The van der Waals surface area contributed by atoms with E-state index in [2.05, 4.69) is 28.9 Å². The Morgan fingerprint density at radius 1 is 1.14 bits per heavy atom. The van der Waals surface area contributed by atoms with Gasteiger partial charge in [-0.05, 0) is 50.7 Å². The monoisotopic (exact) mass is 320 g/mol. The molecule has 1 aliphatic carbocycles. The Hall–Kier alpha value is -0.420. The maximum Gasteiger partial charge on any atom is 0.0743 e. The molecule has 122 valence electrons. The average Bonchev–Trinajstić information content (AvgIpc) is 3.26. The van der Waals surface area contributed by atoms with Crippen LogP contribution in [0.15, 0.2) is 12.1 Å². The molecule has 4 heteroatoms. The van der Waals surface area contributed by atoms with Crippen molar-refractivity contribution in [3.05, 3.63) is 21.9 Å². The molecule has 0 spiro atoms. The van der Waals surface area contributed by atoms with Crippen LogP contribution in [0.4, 0.5) is 0 Å². The Morgan fingerprint density at radius 2 is 2.00 bits per heavy atom. The normalized spacial score (nSPS) is 31.0. The first-order valence-corrected chi connectivity index (χ1v) is 9.73. The van der Waals surface area contributed by atoms with E-state index in [1.165, 1.54) is 55.1 Å². The number of thiophene rings is 1. The molecule has 2 saturated heterocycles. The molecule has 0 bridgehead atoms. The number of hydrogen-bond acceptors (Lipinski definition) is 4. The van der Waals surface area contributed by atoms with Gasteiger partial charge in [0.1, 0.15) is 0 Å². The lowest BCUT2D eigenvalue weighted by molar-refractivity contribution is -0.0727. The highest BCUT2D eigenvalue weighted by molar-refractivity contribution is 7.11. The summed E-state index contributed by atoms with van der Waals surface area (Å²) in [4.78, 5) is 8.34. The Labute approximate surface area is 138 Å². The number of fused-ring (bicyclic) bond motifs is 1. The molecule has 0 unspecified atom stereocenters. The van der Waals surface area contributed by atoms with E-state index in [0.29, 0.717) is 12.1 Å². The summed E-state index contributed by atoms with van der Waals surface area (Å²) < 4.78 is 6.13. The lowest BCUT2D eigenvalue weighted by Crippen LogP contribution is -2.51. The first-order valence-electron chi connectivity index (χ1n) is 8.91. The van der Waals surface area contributed by atoms with Gasteiger partial charge in [-0.15, -0.1) is 11.3 Å². The van der Waals surface area contributed by atoms with E-state index in [9.17, 15) is 0 Å². The highest BCUT2D eigenvalue weighted by Crippen LogP contribution is 2.33. The third-order valence-electron chi connectivity index (χ3n) is 5.44. The number of morpholine rings is 1. The third-order valence-corrected chi connectivity index (χ3v) is 6.43. The Morgan fingerprint density at radius 3 is 2.77 bits per heavy atom. The summed E-state index contributed by atoms with van der Waals surface area (Å²) in [6.07, 6.45) is 5.87. The number of nitrogens with zero attached hydrogens (tertiary/aromatic N) is 2. The highest BCUT2D eigenvalue weighted by Gasteiger charge is 2.37. The van der Waals surface area contributed by atoms with E-state index < -0.39 is 0 Å². The number of rotatable bonds is 4. The van der Waals surface area contributed by atoms with Gasteiger partial charge in [-0.2, -0.15) is 0 Å². The van der Waals surface area contributed by atoms with E-state index >= 15 is 0 Å². The third kappa shape index (κ3) is 3.56. The van der Waals surface area contributed by atoms with Crippen LogP contribution in [0.25, 0.3) is 0 Å². The number of aryl methyl sites for hydroxylation is 1. The maximum absolute atomic E-state index is 6.13. The topological polar surface area (TPSA) is 15.7 Å². The highest BCUT2D eigenvalue weighted by atomic mass is 32.1. The molecule has 1 aromatic heterocycles. The van der Waals surface area contributed by atoms with E-state index in [1.54, 1.807) is 0 Å². The minimum atomic E-state index is 0.475. The SMILES string of the molecule is Cc1ccc(CN2CC[C@@H]3[C@@H](CC2)OCCN3CC2CC2)s1. The summed E-state index contributed by atoms with van der Waals surface area (Å²) >= 11 is 1.95. The van der Waals surface area contributed by atoms with Crippen molar-refractivity contribution in [2.75, 3.05) is 32.8 Å². The second-order valence-corrected chi connectivity index (χ2v) is 8.65. The minimum absolute atomic E-state index is 0.475. The maximum atomic E-state index is 6.13. The number of likely N-dealkylation sites (tertiary alicyclic amines) is 1. The average molecular weight is 321 g/mol. The zero-order chi connectivity index (χ0) is 14.9. The van der Waals surface area contributed by atoms with Gasteiger partial charge in [-0.1, -0.05) is 0 Å². The molecule has 4 rings (SSSR count). The van der Waals surface area contributed by atoms with Crippen molar-refractivity contribution in [2.45, 2.75) is 51.3 Å². The zero-order valence-electron chi connectivity index (χ0n) is 13.7. The molecule has 1 aromatic rings. The molecule has 0 amide bonds.